The van der Waals surface area contributed by atoms with Crippen LogP contribution < -0.4 is 4.74 Å². The van der Waals surface area contributed by atoms with Crippen LogP contribution in [0.4, 0.5) is 0 Å². The first-order valence-corrected chi connectivity index (χ1v) is 10.9. The van der Waals surface area contributed by atoms with Crippen LogP contribution in [0.1, 0.15) is 5.56 Å². The lowest BCUT2D eigenvalue weighted by Crippen LogP contribution is -2.14. The third kappa shape index (κ3) is 2.86. The smallest absolute Gasteiger partial charge is 0.269 e. The second-order valence-electron chi connectivity index (χ2n) is 7.16. The maximum atomic E-state index is 13.6. The first-order chi connectivity index (χ1) is 14.5. The van der Waals surface area contributed by atoms with Crippen LogP contribution in [0.2, 0.25) is 0 Å². The largest absolute Gasteiger partial charge is 0.497 e. The minimum absolute atomic E-state index is 0.218. The van der Waals surface area contributed by atoms with E-state index in [2.05, 4.69) is 9.97 Å². The zero-order valence-corrected chi connectivity index (χ0v) is 17.3. The Bertz CT molecular complexity index is 1500. The molecule has 0 saturated carbocycles. The minimum atomic E-state index is -3.86. The molecule has 0 aliphatic carbocycles. The summed E-state index contributed by atoms with van der Waals surface area (Å²) in [6.07, 6.45) is 1.60. The number of aromatic amines is 1. The lowest BCUT2D eigenvalue weighted by molar-refractivity contribution is 0.415. The molecule has 150 valence electrons. The topological polar surface area (TPSA) is 77.0 Å². The number of pyridine rings is 1. The predicted molar refractivity (Wildman–Crippen MR) is 117 cm³/mol. The predicted octanol–water partition coefficient (Wildman–Crippen LogP) is 4.74. The average Bonchev–Trinajstić information content (AvgIpc) is 3.35. The number of benzene rings is 2. The summed E-state index contributed by atoms with van der Waals surface area (Å²) in [5.74, 6) is 0.738. The Balaban J connectivity index is 1.79. The highest BCUT2D eigenvalue weighted by Gasteiger charge is 2.25. The summed E-state index contributed by atoms with van der Waals surface area (Å²) in [6, 6.07) is 19.9. The SMILES string of the molecule is COc1ccc2[nH]c(-c3cc4cccnc4n3S(=O)(=O)c3ccc(C)cc3)cc2c1. The number of aromatic nitrogens is 3. The molecule has 0 amide bonds. The standard InChI is InChI=1S/C23H19N3O3S/c1-15-5-8-19(9-6-15)30(27,28)26-22(14-16-4-3-11-24-23(16)26)21-13-17-12-18(29-2)7-10-20(17)25-21/h3-14,25H,1-2H3. The molecule has 0 unspecified atom stereocenters. The first-order valence-electron chi connectivity index (χ1n) is 9.43. The van der Waals surface area contributed by atoms with E-state index in [1.807, 2.05) is 43.3 Å². The molecule has 7 heteroatoms. The number of nitrogens with zero attached hydrogens (tertiary/aromatic N) is 2. The van der Waals surface area contributed by atoms with E-state index >= 15 is 0 Å². The highest BCUT2D eigenvalue weighted by atomic mass is 32.2. The Kier molecular flexibility index (Phi) is 4.15. The number of hydrogen-bond acceptors (Lipinski definition) is 4. The summed E-state index contributed by atoms with van der Waals surface area (Å²) >= 11 is 0. The second kappa shape index (κ2) is 6.74. The zero-order valence-electron chi connectivity index (χ0n) is 16.5. The van der Waals surface area contributed by atoms with Crippen molar-refractivity contribution in [3.63, 3.8) is 0 Å². The summed E-state index contributed by atoms with van der Waals surface area (Å²) in [7, 11) is -2.24. The van der Waals surface area contributed by atoms with Gasteiger partial charge in [-0.2, -0.15) is 0 Å². The van der Waals surface area contributed by atoms with Crippen LogP contribution in [0.25, 0.3) is 33.3 Å². The van der Waals surface area contributed by atoms with Crippen LogP contribution in [0.5, 0.6) is 5.75 Å². The lowest BCUT2D eigenvalue weighted by atomic mass is 10.2. The van der Waals surface area contributed by atoms with E-state index in [4.69, 9.17) is 4.74 Å². The Morgan fingerprint density at radius 1 is 0.967 bits per heavy atom. The van der Waals surface area contributed by atoms with Crippen molar-refractivity contribution in [1.29, 1.82) is 0 Å². The molecule has 0 radical (unpaired) electrons. The van der Waals surface area contributed by atoms with Gasteiger partial charge in [-0.15, -0.1) is 0 Å². The van der Waals surface area contributed by atoms with Crippen molar-refractivity contribution in [1.82, 2.24) is 13.9 Å². The molecule has 0 aliphatic heterocycles. The van der Waals surface area contributed by atoms with Crippen LogP contribution in [-0.2, 0) is 10.0 Å². The molecule has 0 bridgehead atoms. The van der Waals surface area contributed by atoms with Gasteiger partial charge in [-0.3, -0.25) is 0 Å². The number of rotatable bonds is 4. The van der Waals surface area contributed by atoms with Gasteiger partial charge in [-0.25, -0.2) is 17.4 Å². The molecular weight excluding hydrogens is 398 g/mol. The van der Waals surface area contributed by atoms with Gasteiger partial charge in [-0.05, 0) is 61.5 Å². The molecule has 6 nitrogen and oxygen atoms in total. The number of hydrogen-bond donors (Lipinski definition) is 1. The van der Waals surface area contributed by atoms with Gasteiger partial charge < -0.3 is 9.72 Å². The van der Waals surface area contributed by atoms with E-state index in [1.54, 1.807) is 43.6 Å². The number of aryl methyl sites for hydroxylation is 1. The van der Waals surface area contributed by atoms with Crippen LogP contribution in [-0.4, -0.2) is 29.5 Å². The van der Waals surface area contributed by atoms with Gasteiger partial charge in [-0.1, -0.05) is 17.7 Å². The van der Waals surface area contributed by atoms with E-state index in [9.17, 15) is 8.42 Å². The van der Waals surface area contributed by atoms with Crippen molar-refractivity contribution in [2.24, 2.45) is 0 Å². The highest BCUT2D eigenvalue weighted by molar-refractivity contribution is 7.90. The van der Waals surface area contributed by atoms with Crippen molar-refractivity contribution in [2.45, 2.75) is 11.8 Å². The monoisotopic (exact) mass is 417 g/mol. The van der Waals surface area contributed by atoms with E-state index < -0.39 is 10.0 Å². The first kappa shape index (κ1) is 18.4. The summed E-state index contributed by atoms with van der Waals surface area (Å²) < 4.78 is 33.9. The van der Waals surface area contributed by atoms with Gasteiger partial charge in [0.2, 0.25) is 0 Å². The molecule has 0 atom stereocenters. The van der Waals surface area contributed by atoms with Crippen LogP contribution in [0, 0.1) is 6.92 Å². The Labute approximate surface area is 173 Å². The molecule has 0 saturated heterocycles. The molecule has 0 aliphatic rings. The fraction of sp³-hybridized carbons (Fsp3) is 0.0870. The molecule has 2 aromatic carbocycles. The molecular formula is C23H19N3O3S. The molecule has 1 N–H and O–H groups in total. The van der Waals surface area contributed by atoms with Gasteiger partial charge in [0.15, 0.2) is 5.65 Å². The third-order valence-electron chi connectivity index (χ3n) is 5.18. The number of ether oxygens (including phenoxy) is 1. The lowest BCUT2D eigenvalue weighted by Gasteiger charge is -2.11. The van der Waals surface area contributed by atoms with E-state index in [0.29, 0.717) is 17.0 Å². The number of H-pyrrole nitrogens is 1. The van der Waals surface area contributed by atoms with Crippen molar-refractivity contribution in [3.8, 4) is 17.1 Å². The summed E-state index contributed by atoms with van der Waals surface area (Å²) in [4.78, 5) is 7.91. The molecule has 5 rings (SSSR count). The van der Waals surface area contributed by atoms with Gasteiger partial charge in [0, 0.05) is 22.5 Å². The maximum Gasteiger partial charge on any atom is 0.269 e. The van der Waals surface area contributed by atoms with E-state index in [0.717, 1.165) is 27.6 Å². The zero-order chi connectivity index (χ0) is 20.9. The highest BCUT2D eigenvalue weighted by Crippen LogP contribution is 2.33. The van der Waals surface area contributed by atoms with E-state index in [1.165, 1.54) is 3.97 Å². The quantitative estimate of drug-likeness (QED) is 0.458. The fourth-order valence-electron chi connectivity index (χ4n) is 3.63. The minimum Gasteiger partial charge on any atom is -0.497 e. The fourth-order valence-corrected chi connectivity index (χ4v) is 5.11. The molecule has 3 heterocycles. The summed E-state index contributed by atoms with van der Waals surface area (Å²) in [5, 5.41) is 1.68. The Morgan fingerprint density at radius 3 is 2.53 bits per heavy atom. The summed E-state index contributed by atoms with van der Waals surface area (Å²) in [5.41, 5.74) is 3.49. The molecule has 30 heavy (non-hydrogen) atoms. The van der Waals surface area contributed by atoms with Crippen molar-refractivity contribution in [3.05, 3.63) is 78.5 Å². The number of methoxy groups -OCH3 is 1. The van der Waals surface area contributed by atoms with Crippen molar-refractivity contribution >= 4 is 32.0 Å². The summed E-state index contributed by atoms with van der Waals surface area (Å²) in [6.45, 7) is 1.92. The maximum absolute atomic E-state index is 13.6. The molecule has 0 fully saturated rings. The Hall–Kier alpha value is -3.58. The number of fused-ring (bicyclic) bond motifs is 2. The van der Waals surface area contributed by atoms with Crippen LogP contribution in [0.15, 0.2) is 77.8 Å². The van der Waals surface area contributed by atoms with Gasteiger partial charge in [0.25, 0.3) is 10.0 Å². The van der Waals surface area contributed by atoms with Gasteiger partial charge >= 0.3 is 0 Å². The van der Waals surface area contributed by atoms with Crippen LogP contribution in [0.3, 0.4) is 0 Å². The molecule has 0 spiro atoms. The van der Waals surface area contributed by atoms with Gasteiger partial charge in [0.1, 0.15) is 5.75 Å². The molecule has 5 aromatic rings. The molecule has 3 aromatic heterocycles. The van der Waals surface area contributed by atoms with Crippen molar-refractivity contribution < 1.29 is 13.2 Å². The number of nitrogens with one attached hydrogen (secondary N) is 1. The third-order valence-corrected chi connectivity index (χ3v) is 6.90. The van der Waals surface area contributed by atoms with E-state index in [-0.39, 0.29) is 4.90 Å². The normalized spacial score (nSPS) is 11.9. The van der Waals surface area contributed by atoms with Crippen molar-refractivity contribution in [2.75, 3.05) is 7.11 Å². The van der Waals surface area contributed by atoms with Gasteiger partial charge in [0.05, 0.1) is 23.4 Å². The average molecular weight is 417 g/mol. The Morgan fingerprint density at radius 2 is 1.77 bits per heavy atom. The van der Waals surface area contributed by atoms with Crippen LogP contribution >= 0.6 is 0 Å². The second-order valence-corrected chi connectivity index (χ2v) is 8.95.